The molecule has 1 aliphatic rings. The lowest BCUT2D eigenvalue weighted by Crippen LogP contribution is -2.43. The molecular weight excluding hydrogens is 262 g/mol. The van der Waals surface area contributed by atoms with Crippen LogP contribution < -0.4 is 5.32 Å². The zero-order valence-corrected chi connectivity index (χ0v) is 11.9. The number of nitrogens with one attached hydrogen (secondary N) is 1. The standard InChI is InChI=1S/C15H21NO2.ClH/c17-15(18)13-8-4-5-9-14(13)16-11-10-12-6-2-1-3-7-12;/h1-3,6-7,13-14,16H,4-5,8-11H2,(H,17,18);1H/t13?,14-;/m0./s1. The van der Waals surface area contributed by atoms with Crippen molar-refractivity contribution in [1.82, 2.24) is 5.32 Å². The molecule has 1 fully saturated rings. The summed E-state index contributed by atoms with van der Waals surface area (Å²) in [5, 5.41) is 12.6. The van der Waals surface area contributed by atoms with E-state index in [-0.39, 0.29) is 24.4 Å². The van der Waals surface area contributed by atoms with Gasteiger partial charge in [0.1, 0.15) is 0 Å². The van der Waals surface area contributed by atoms with Crippen LogP contribution in [-0.4, -0.2) is 23.7 Å². The number of carbonyl (C=O) groups is 1. The van der Waals surface area contributed by atoms with E-state index in [1.165, 1.54) is 5.56 Å². The van der Waals surface area contributed by atoms with Gasteiger partial charge in [0.15, 0.2) is 0 Å². The summed E-state index contributed by atoms with van der Waals surface area (Å²) in [4.78, 5) is 11.2. The third-order valence-electron chi connectivity index (χ3n) is 3.75. The van der Waals surface area contributed by atoms with E-state index in [4.69, 9.17) is 0 Å². The molecule has 0 spiro atoms. The van der Waals surface area contributed by atoms with Crippen molar-refractivity contribution in [3.8, 4) is 0 Å². The molecule has 0 amide bonds. The second kappa shape index (κ2) is 8.18. The molecular formula is C15H22ClNO2. The van der Waals surface area contributed by atoms with Gasteiger partial charge in [-0.05, 0) is 31.4 Å². The van der Waals surface area contributed by atoms with Crippen LogP contribution in [0.15, 0.2) is 30.3 Å². The highest BCUT2D eigenvalue weighted by Gasteiger charge is 2.29. The molecule has 0 aromatic heterocycles. The lowest BCUT2D eigenvalue weighted by Gasteiger charge is -2.29. The largest absolute Gasteiger partial charge is 0.481 e. The summed E-state index contributed by atoms with van der Waals surface area (Å²) in [5.41, 5.74) is 1.30. The van der Waals surface area contributed by atoms with Gasteiger partial charge in [-0.3, -0.25) is 4.79 Å². The van der Waals surface area contributed by atoms with Crippen molar-refractivity contribution >= 4 is 18.4 Å². The second-order valence-electron chi connectivity index (χ2n) is 5.03. The Morgan fingerprint density at radius 2 is 1.89 bits per heavy atom. The van der Waals surface area contributed by atoms with Gasteiger partial charge in [-0.25, -0.2) is 0 Å². The molecule has 4 heteroatoms. The first kappa shape index (κ1) is 16.0. The first-order valence-corrected chi connectivity index (χ1v) is 6.77. The Balaban J connectivity index is 0.00000180. The van der Waals surface area contributed by atoms with E-state index in [1.54, 1.807) is 0 Å². The molecule has 1 aromatic carbocycles. The minimum absolute atomic E-state index is 0. The lowest BCUT2D eigenvalue weighted by atomic mass is 9.84. The van der Waals surface area contributed by atoms with Crippen LogP contribution in [0.5, 0.6) is 0 Å². The van der Waals surface area contributed by atoms with Gasteiger partial charge in [-0.2, -0.15) is 0 Å². The minimum Gasteiger partial charge on any atom is -0.481 e. The lowest BCUT2D eigenvalue weighted by molar-refractivity contribution is -0.143. The monoisotopic (exact) mass is 283 g/mol. The summed E-state index contributed by atoms with van der Waals surface area (Å²) in [5.74, 6) is -0.846. The fraction of sp³-hybridized carbons (Fsp3) is 0.533. The Hall–Kier alpha value is -1.06. The van der Waals surface area contributed by atoms with E-state index in [1.807, 2.05) is 18.2 Å². The Bertz CT molecular complexity index is 383. The summed E-state index contributed by atoms with van der Waals surface area (Å²) in [6.45, 7) is 0.860. The van der Waals surface area contributed by atoms with E-state index < -0.39 is 5.97 Å². The summed E-state index contributed by atoms with van der Waals surface area (Å²) < 4.78 is 0. The molecule has 1 saturated carbocycles. The van der Waals surface area contributed by atoms with E-state index in [0.29, 0.717) is 0 Å². The number of aliphatic carboxylic acids is 1. The third-order valence-corrected chi connectivity index (χ3v) is 3.75. The molecule has 2 rings (SSSR count). The smallest absolute Gasteiger partial charge is 0.308 e. The normalized spacial score (nSPS) is 22.5. The minimum atomic E-state index is -0.646. The van der Waals surface area contributed by atoms with Crippen LogP contribution >= 0.6 is 12.4 Å². The van der Waals surface area contributed by atoms with Crippen molar-refractivity contribution in [1.29, 1.82) is 0 Å². The molecule has 19 heavy (non-hydrogen) atoms. The van der Waals surface area contributed by atoms with Crippen LogP contribution in [0.1, 0.15) is 31.2 Å². The molecule has 1 unspecified atom stereocenters. The van der Waals surface area contributed by atoms with Crippen molar-refractivity contribution < 1.29 is 9.90 Å². The Morgan fingerprint density at radius 3 is 2.58 bits per heavy atom. The molecule has 2 N–H and O–H groups in total. The molecule has 1 aliphatic carbocycles. The van der Waals surface area contributed by atoms with Gasteiger partial charge in [0, 0.05) is 6.04 Å². The van der Waals surface area contributed by atoms with Crippen molar-refractivity contribution in [2.24, 2.45) is 5.92 Å². The molecule has 106 valence electrons. The van der Waals surface area contributed by atoms with Gasteiger partial charge in [0.05, 0.1) is 5.92 Å². The van der Waals surface area contributed by atoms with E-state index in [2.05, 4.69) is 17.4 Å². The van der Waals surface area contributed by atoms with Crippen LogP contribution in [-0.2, 0) is 11.2 Å². The Labute approximate surface area is 120 Å². The molecule has 1 aromatic rings. The van der Waals surface area contributed by atoms with Gasteiger partial charge in [-0.15, -0.1) is 12.4 Å². The molecule has 0 aliphatic heterocycles. The maximum absolute atomic E-state index is 11.2. The maximum Gasteiger partial charge on any atom is 0.308 e. The Morgan fingerprint density at radius 1 is 1.21 bits per heavy atom. The van der Waals surface area contributed by atoms with Crippen molar-refractivity contribution in [3.05, 3.63) is 35.9 Å². The van der Waals surface area contributed by atoms with Gasteiger partial charge >= 0.3 is 5.97 Å². The number of benzene rings is 1. The summed E-state index contributed by atoms with van der Waals surface area (Å²) in [7, 11) is 0. The highest BCUT2D eigenvalue weighted by molar-refractivity contribution is 5.85. The van der Waals surface area contributed by atoms with Crippen LogP contribution in [0.2, 0.25) is 0 Å². The van der Waals surface area contributed by atoms with Gasteiger partial charge in [0.25, 0.3) is 0 Å². The number of halogens is 1. The molecule has 0 heterocycles. The average Bonchev–Trinajstić information content (AvgIpc) is 2.40. The van der Waals surface area contributed by atoms with Crippen LogP contribution in [0.4, 0.5) is 0 Å². The Kier molecular flexibility index (Phi) is 6.89. The zero-order chi connectivity index (χ0) is 12.8. The maximum atomic E-state index is 11.2. The van der Waals surface area contributed by atoms with Crippen molar-refractivity contribution in [2.45, 2.75) is 38.1 Å². The van der Waals surface area contributed by atoms with Gasteiger partial charge in [0.2, 0.25) is 0 Å². The number of hydrogen-bond acceptors (Lipinski definition) is 2. The second-order valence-corrected chi connectivity index (χ2v) is 5.03. The third kappa shape index (κ3) is 4.84. The predicted octanol–water partition coefficient (Wildman–Crippen LogP) is 2.88. The van der Waals surface area contributed by atoms with Gasteiger partial charge < -0.3 is 10.4 Å². The van der Waals surface area contributed by atoms with Crippen molar-refractivity contribution in [3.63, 3.8) is 0 Å². The number of hydrogen-bond donors (Lipinski definition) is 2. The highest BCUT2D eigenvalue weighted by Crippen LogP contribution is 2.24. The predicted molar refractivity (Wildman–Crippen MR) is 78.8 cm³/mol. The van der Waals surface area contributed by atoms with Crippen molar-refractivity contribution in [2.75, 3.05) is 6.54 Å². The van der Waals surface area contributed by atoms with E-state index >= 15 is 0 Å². The summed E-state index contributed by atoms with van der Waals surface area (Å²) in [6, 6.07) is 10.5. The summed E-state index contributed by atoms with van der Waals surface area (Å²) in [6.07, 6.45) is 4.97. The molecule has 3 nitrogen and oxygen atoms in total. The van der Waals surface area contributed by atoms with E-state index in [9.17, 15) is 9.90 Å². The number of carboxylic acids is 1. The fourth-order valence-electron chi connectivity index (χ4n) is 2.72. The van der Waals surface area contributed by atoms with Gasteiger partial charge in [-0.1, -0.05) is 43.2 Å². The number of rotatable bonds is 5. The SMILES string of the molecule is Cl.O=C(O)C1CCCC[C@@H]1NCCc1ccccc1. The first-order valence-electron chi connectivity index (χ1n) is 6.77. The quantitative estimate of drug-likeness (QED) is 0.874. The van der Waals surface area contributed by atoms with Crippen LogP contribution in [0.3, 0.4) is 0 Å². The average molecular weight is 284 g/mol. The zero-order valence-electron chi connectivity index (χ0n) is 11.0. The molecule has 0 saturated heterocycles. The highest BCUT2D eigenvalue weighted by atomic mass is 35.5. The molecule has 0 bridgehead atoms. The fourth-order valence-corrected chi connectivity index (χ4v) is 2.72. The van der Waals surface area contributed by atoms with E-state index in [0.717, 1.165) is 38.6 Å². The molecule has 0 radical (unpaired) electrons. The summed E-state index contributed by atoms with van der Waals surface area (Å²) >= 11 is 0. The topological polar surface area (TPSA) is 49.3 Å². The van der Waals surface area contributed by atoms with Crippen LogP contribution in [0, 0.1) is 5.92 Å². The first-order chi connectivity index (χ1) is 8.77. The molecule has 2 atom stereocenters. The number of carboxylic acid groups (broad SMARTS) is 1. The van der Waals surface area contributed by atoms with Crippen LogP contribution in [0.25, 0.3) is 0 Å².